The molecule has 6 heteroatoms. The van der Waals surface area contributed by atoms with Gasteiger partial charge in [-0.2, -0.15) is 0 Å². The molecule has 5 nitrogen and oxygen atoms in total. The third-order valence-corrected chi connectivity index (χ3v) is 5.05. The molecule has 24 heavy (non-hydrogen) atoms. The number of carbonyl (C=O) groups is 1. The summed E-state index contributed by atoms with van der Waals surface area (Å²) in [5.74, 6) is 3.01. The lowest BCUT2D eigenvalue weighted by Crippen LogP contribution is -2.29. The Hall–Kier alpha value is -2.39. The van der Waals surface area contributed by atoms with Crippen LogP contribution in [0.25, 0.3) is 10.8 Å². The van der Waals surface area contributed by atoms with Crippen molar-refractivity contribution in [3.63, 3.8) is 0 Å². The number of hydrogen-bond acceptors (Lipinski definition) is 4. The number of hydrogen-bond donors (Lipinski definition) is 2. The lowest BCUT2D eigenvalue weighted by Gasteiger charge is -2.13. The van der Waals surface area contributed by atoms with Gasteiger partial charge in [0.2, 0.25) is 5.91 Å². The second-order valence-electron chi connectivity index (χ2n) is 7.21. The van der Waals surface area contributed by atoms with Crippen LogP contribution in [-0.4, -0.2) is 30.9 Å². The molecular formula is C18H22N4OSi. The van der Waals surface area contributed by atoms with Crippen molar-refractivity contribution < 1.29 is 8.91 Å². The summed E-state index contributed by atoms with van der Waals surface area (Å²) >= 11 is 0. The topological polar surface area (TPSA) is 80.9 Å². The molecule has 0 atom stereocenters. The van der Waals surface area contributed by atoms with Gasteiger partial charge in [-0.3, -0.25) is 9.78 Å². The first kappa shape index (κ1) is 13.0. The molecule has 0 aliphatic heterocycles. The Labute approximate surface area is 147 Å². The van der Waals surface area contributed by atoms with Gasteiger partial charge in [-0.05, 0) is 18.9 Å². The number of carbonyl (C=O) groups excluding carboxylic acids is 1. The first-order chi connectivity index (χ1) is 12.4. The SMILES string of the molecule is [2H]C([2H])([2H])Nc1ncc(C#C[Si](C)(C)C)c2cc(C3(C(N)=O)CC3)ncc12. The summed E-state index contributed by atoms with van der Waals surface area (Å²) in [5.41, 5.74) is 9.44. The molecule has 2 aromatic rings. The van der Waals surface area contributed by atoms with Gasteiger partial charge in [-0.1, -0.05) is 25.6 Å². The maximum Gasteiger partial charge on any atom is 0.229 e. The summed E-state index contributed by atoms with van der Waals surface area (Å²) in [7, 11) is -1.62. The van der Waals surface area contributed by atoms with Crippen LogP contribution < -0.4 is 11.1 Å². The van der Waals surface area contributed by atoms with Crippen LogP contribution in [0.3, 0.4) is 0 Å². The molecule has 0 aromatic carbocycles. The fraction of sp³-hybridized carbons (Fsp3) is 0.389. The van der Waals surface area contributed by atoms with Gasteiger partial charge in [0.05, 0.1) is 16.7 Å². The molecule has 1 aliphatic rings. The average Bonchev–Trinajstić information content (AvgIpc) is 3.33. The number of pyridine rings is 2. The quantitative estimate of drug-likeness (QED) is 0.663. The molecule has 3 rings (SSSR count). The van der Waals surface area contributed by atoms with E-state index in [0.717, 1.165) is 5.39 Å². The van der Waals surface area contributed by atoms with Gasteiger partial charge in [0, 0.05) is 34.3 Å². The molecule has 1 amide bonds. The van der Waals surface area contributed by atoms with Crippen molar-refractivity contribution in [2.45, 2.75) is 37.9 Å². The fourth-order valence-electron chi connectivity index (χ4n) is 2.60. The highest BCUT2D eigenvalue weighted by atomic mass is 28.3. The maximum absolute atomic E-state index is 11.9. The van der Waals surface area contributed by atoms with E-state index < -0.39 is 20.5 Å². The number of nitrogens with zero attached hydrogens (tertiary/aromatic N) is 2. The Morgan fingerprint density at radius 1 is 1.33 bits per heavy atom. The molecule has 1 saturated carbocycles. The molecule has 0 spiro atoms. The highest BCUT2D eigenvalue weighted by Gasteiger charge is 2.51. The van der Waals surface area contributed by atoms with Crippen LogP contribution in [0, 0.1) is 11.5 Å². The molecule has 124 valence electrons. The summed E-state index contributed by atoms with van der Waals surface area (Å²) in [5, 5.41) is 3.71. The van der Waals surface area contributed by atoms with Crippen molar-refractivity contribution in [1.29, 1.82) is 0 Å². The number of nitrogens with two attached hydrogens (primary N) is 1. The van der Waals surface area contributed by atoms with Crippen LogP contribution >= 0.6 is 0 Å². The molecule has 0 radical (unpaired) electrons. The zero-order valence-corrected chi connectivity index (χ0v) is 15.0. The Morgan fingerprint density at radius 3 is 2.67 bits per heavy atom. The number of nitrogens with one attached hydrogen (secondary N) is 1. The molecule has 1 aliphatic carbocycles. The van der Waals surface area contributed by atoms with Crippen LogP contribution in [-0.2, 0) is 10.2 Å². The van der Waals surface area contributed by atoms with E-state index in [9.17, 15) is 4.79 Å². The average molecular weight is 342 g/mol. The van der Waals surface area contributed by atoms with E-state index in [0.29, 0.717) is 29.5 Å². The second kappa shape index (κ2) is 5.60. The molecule has 0 bridgehead atoms. The van der Waals surface area contributed by atoms with Crippen molar-refractivity contribution in [1.82, 2.24) is 9.97 Å². The minimum atomic E-state index is -2.38. The Bertz CT molecular complexity index is 982. The molecule has 0 saturated heterocycles. The van der Waals surface area contributed by atoms with E-state index >= 15 is 0 Å². The van der Waals surface area contributed by atoms with Gasteiger partial charge in [0.15, 0.2) is 0 Å². The second-order valence-corrected chi connectivity index (χ2v) is 12.0. The lowest BCUT2D eigenvalue weighted by molar-refractivity contribution is -0.120. The van der Waals surface area contributed by atoms with Gasteiger partial charge in [0.1, 0.15) is 13.9 Å². The van der Waals surface area contributed by atoms with Crippen molar-refractivity contribution in [2.24, 2.45) is 5.73 Å². The number of rotatable bonds is 3. The largest absolute Gasteiger partial charge is 0.373 e. The van der Waals surface area contributed by atoms with E-state index in [1.54, 1.807) is 18.5 Å². The number of aromatic nitrogens is 2. The minimum Gasteiger partial charge on any atom is -0.373 e. The standard InChI is InChI=1S/C18H22N4OSi/c1-20-16-14-11-21-15(18(6-7-18)17(19)23)9-13(14)12(10-22-16)5-8-24(2,3)4/h9-11H,6-7H2,1-4H3,(H2,19,23)(H,20,22)/i1D3. The lowest BCUT2D eigenvalue weighted by atomic mass is 9.98. The minimum absolute atomic E-state index is 0.214. The highest BCUT2D eigenvalue weighted by molar-refractivity contribution is 6.83. The Morgan fingerprint density at radius 2 is 2.08 bits per heavy atom. The normalized spacial score (nSPS) is 17.9. The third-order valence-electron chi connectivity index (χ3n) is 4.17. The number of primary amides is 1. The first-order valence-electron chi connectivity index (χ1n) is 9.32. The van der Waals surface area contributed by atoms with E-state index in [-0.39, 0.29) is 11.7 Å². The molecular weight excluding hydrogens is 316 g/mol. The van der Waals surface area contributed by atoms with Gasteiger partial charge >= 0.3 is 0 Å². The third kappa shape index (κ3) is 2.87. The van der Waals surface area contributed by atoms with Crippen LogP contribution in [0.2, 0.25) is 19.6 Å². The molecule has 2 aromatic heterocycles. The summed E-state index contributed by atoms with van der Waals surface area (Å²) < 4.78 is 22.3. The van der Waals surface area contributed by atoms with Gasteiger partial charge in [-0.15, -0.1) is 5.54 Å². The predicted octanol–water partition coefficient (Wildman–Crippen LogP) is 2.42. The van der Waals surface area contributed by atoms with E-state index in [2.05, 4.69) is 46.4 Å². The number of fused-ring (bicyclic) bond motifs is 1. The van der Waals surface area contributed by atoms with Crippen LogP contribution in [0.4, 0.5) is 5.82 Å². The van der Waals surface area contributed by atoms with Crippen molar-refractivity contribution in [2.75, 3.05) is 12.3 Å². The first-order valence-corrected chi connectivity index (χ1v) is 11.3. The summed E-state index contributed by atoms with van der Waals surface area (Å²) in [6.45, 7) is 4.04. The van der Waals surface area contributed by atoms with Crippen molar-refractivity contribution in [3.05, 3.63) is 29.7 Å². The molecule has 1 fully saturated rings. The number of anilines is 1. The van der Waals surface area contributed by atoms with Gasteiger partial charge < -0.3 is 11.1 Å². The number of amides is 1. The molecule has 3 N–H and O–H groups in total. The van der Waals surface area contributed by atoms with Gasteiger partial charge in [0.25, 0.3) is 0 Å². The van der Waals surface area contributed by atoms with E-state index in [1.807, 2.05) is 0 Å². The molecule has 2 heterocycles. The molecule has 0 unspecified atom stereocenters. The summed E-state index contributed by atoms with van der Waals surface area (Å²) in [6.07, 6.45) is 4.45. The predicted molar refractivity (Wildman–Crippen MR) is 99.4 cm³/mol. The zero-order chi connectivity index (χ0) is 20.0. The Balaban J connectivity index is 2.21. The van der Waals surface area contributed by atoms with E-state index in [1.165, 1.54) is 0 Å². The van der Waals surface area contributed by atoms with Crippen LogP contribution in [0.1, 0.15) is 28.2 Å². The summed E-state index contributed by atoms with van der Waals surface area (Å²) in [4.78, 5) is 20.5. The maximum atomic E-state index is 11.9. The van der Waals surface area contributed by atoms with Crippen molar-refractivity contribution >= 4 is 30.6 Å². The van der Waals surface area contributed by atoms with E-state index in [4.69, 9.17) is 9.85 Å². The highest BCUT2D eigenvalue weighted by Crippen LogP contribution is 2.47. The van der Waals surface area contributed by atoms with Gasteiger partial charge in [-0.25, -0.2) is 4.98 Å². The smallest absolute Gasteiger partial charge is 0.229 e. The van der Waals surface area contributed by atoms with Crippen LogP contribution in [0.15, 0.2) is 18.5 Å². The Kier molecular flexibility index (Phi) is 3.02. The van der Waals surface area contributed by atoms with Crippen LogP contribution in [0.5, 0.6) is 0 Å². The monoisotopic (exact) mass is 341 g/mol. The summed E-state index contributed by atoms with van der Waals surface area (Å²) in [6, 6.07) is 1.80. The van der Waals surface area contributed by atoms with Crippen molar-refractivity contribution in [3.8, 4) is 11.5 Å². The zero-order valence-electron chi connectivity index (χ0n) is 17.0. The fourth-order valence-corrected chi connectivity index (χ4v) is 3.11.